The van der Waals surface area contributed by atoms with Crippen LogP contribution in [0.1, 0.15) is 11.3 Å². The first-order valence-electron chi connectivity index (χ1n) is 8.26. The van der Waals surface area contributed by atoms with Crippen molar-refractivity contribution >= 4 is 38.4 Å². The summed E-state index contributed by atoms with van der Waals surface area (Å²) in [7, 11) is 4.10. The number of hydrogen-bond donors (Lipinski definition) is 0. The van der Waals surface area contributed by atoms with Gasteiger partial charge in [0.1, 0.15) is 12.4 Å². The van der Waals surface area contributed by atoms with Gasteiger partial charge in [-0.3, -0.25) is 0 Å². The molecule has 3 aromatic rings. The second kappa shape index (κ2) is 7.81. The van der Waals surface area contributed by atoms with Gasteiger partial charge in [-0.15, -0.1) is 0 Å². The summed E-state index contributed by atoms with van der Waals surface area (Å²) in [5.41, 5.74) is 3.47. The highest BCUT2D eigenvalue weighted by atomic mass is 79.9. The molecule has 5 heteroatoms. The van der Waals surface area contributed by atoms with E-state index in [1.165, 1.54) is 5.56 Å². The van der Waals surface area contributed by atoms with Crippen molar-refractivity contribution < 1.29 is 4.74 Å². The molecule has 0 aliphatic heterocycles. The van der Waals surface area contributed by atoms with Gasteiger partial charge in [0.25, 0.3) is 0 Å². The number of halogens is 2. The van der Waals surface area contributed by atoms with Crippen molar-refractivity contribution in [1.29, 1.82) is 0 Å². The van der Waals surface area contributed by atoms with Gasteiger partial charge in [-0.05, 0) is 56.9 Å². The van der Waals surface area contributed by atoms with E-state index < -0.39 is 0 Å². The largest absolute Gasteiger partial charge is 0.490 e. The van der Waals surface area contributed by atoms with Crippen molar-refractivity contribution in [2.45, 2.75) is 13.5 Å². The highest BCUT2D eigenvalue weighted by molar-refractivity contribution is 9.10. The third kappa shape index (κ3) is 4.20. The fourth-order valence-corrected chi connectivity index (χ4v) is 3.34. The molecule has 0 N–H and O–H groups in total. The van der Waals surface area contributed by atoms with E-state index in [2.05, 4.69) is 56.6 Å². The quantitative estimate of drug-likeness (QED) is 0.533. The van der Waals surface area contributed by atoms with Crippen LogP contribution in [0.15, 0.2) is 46.9 Å². The third-order valence-electron chi connectivity index (χ3n) is 4.27. The number of nitrogens with zero attached hydrogens (tertiary/aromatic N) is 2. The van der Waals surface area contributed by atoms with E-state index in [0.717, 1.165) is 44.9 Å². The van der Waals surface area contributed by atoms with Gasteiger partial charge < -0.3 is 14.2 Å². The lowest BCUT2D eigenvalue weighted by atomic mass is 10.2. The number of hydrogen-bond acceptors (Lipinski definition) is 2. The smallest absolute Gasteiger partial charge is 0.147 e. The maximum absolute atomic E-state index is 6.25. The fourth-order valence-electron chi connectivity index (χ4n) is 2.91. The molecule has 3 nitrogen and oxygen atoms in total. The Morgan fingerprint density at radius 1 is 1.12 bits per heavy atom. The standard InChI is InChI=1S/C20H22BrClN2O/c1-14-20(25-11-10-23(2)3)18-9-8-17(22)12-19(18)24(14)13-15-4-6-16(21)7-5-15/h4-9,12H,10-11,13H2,1-3H3. The van der Waals surface area contributed by atoms with E-state index in [1.54, 1.807) is 0 Å². The van der Waals surface area contributed by atoms with Crippen LogP contribution in [0.5, 0.6) is 5.75 Å². The molecule has 0 spiro atoms. The van der Waals surface area contributed by atoms with Gasteiger partial charge >= 0.3 is 0 Å². The van der Waals surface area contributed by atoms with Crippen molar-refractivity contribution in [3.05, 3.63) is 63.2 Å². The van der Waals surface area contributed by atoms with Gasteiger partial charge in [-0.2, -0.15) is 0 Å². The predicted molar refractivity (Wildman–Crippen MR) is 109 cm³/mol. The van der Waals surface area contributed by atoms with E-state index in [9.17, 15) is 0 Å². The maximum atomic E-state index is 6.25. The number of fused-ring (bicyclic) bond motifs is 1. The van der Waals surface area contributed by atoms with Gasteiger partial charge in [0, 0.05) is 28.0 Å². The minimum atomic E-state index is 0.661. The van der Waals surface area contributed by atoms with Crippen LogP contribution < -0.4 is 4.74 Å². The second-order valence-corrected chi connectivity index (χ2v) is 7.79. The van der Waals surface area contributed by atoms with Gasteiger partial charge in [0.2, 0.25) is 0 Å². The number of aromatic nitrogens is 1. The number of likely N-dealkylation sites (N-methyl/N-ethyl adjacent to an activating group) is 1. The van der Waals surface area contributed by atoms with Crippen LogP contribution in [0.2, 0.25) is 5.02 Å². The first-order valence-corrected chi connectivity index (χ1v) is 9.43. The lowest BCUT2D eigenvalue weighted by molar-refractivity contribution is 0.262. The first kappa shape index (κ1) is 18.3. The van der Waals surface area contributed by atoms with Crippen molar-refractivity contribution in [1.82, 2.24) is 9.47 Å². The molecule has 25 heavy (non-hydrogen) atoms. The number of ether oxygens (including phenoxy) is 1. The summed E-state index contributed by atoms with van der Waals surface area (Å²) in [6.45, 7) is 4.44. The lowest BCUT2D eigenvalue weighted by Gasteiger charge is -2.12. The molecule has 0 saturated carbocycles. The van der Waals surface area contributed by atoms with E-state index in [1.807, 2.05) is 32.3 Å². The molecular weight excluding hydrogens is 400 g/mol. The maximum Gasteiger partial charge on any atom is 0.147 e. The summed E-state index contributed by atoms with van der Waals surface area (Å²) in [5, 5.41) is 1.85. The molecule has 0 aliphatic carbocycles. The van der Waals surface area contributed by atoms with E-state index in [-0.39, 0.29) is 0 Å². The lowest BCUT2D eigenvalue weighted by Crippen LogP contribution is -2.19. The van der Waals surface area contributed by atoms with Gasteiger partial charge in [-0.1, -0.05) is 39.7 Å². The van der Waals surface area contributed by atoms with E-state index >= 15 is 0 Å². The molecule has 0 radical (unpaired) electrons. The Morgan fingerprint density at radius 2 is 1.84 bits per heavy atom. The molecule has 0 atom stereocenters. The van der Waals surface area contributed by atoms with Crippen LogP contribution in [-0.4, -0.2) is 36.7 Å². The van der Waals surface area contributed by atoms with Crippen molar-refractivity contribution in [3.63, 3.8) is 0 Å². The van der Waals surface area contributed by atoms with Crippen LogP contribution in [0.4, 0.5) is 0 Å². The monoisotopic (exact) mass is 420 g/mol. The molecule has 0 fully saturated rings. The first-order chi connectivity index (χ1) is 12.0. The Morgan fingerprint density at radius 3 is 2.52 bits per heavy atom. The molecular formula is C20H22BrClN2O. The molecule has 132 valence electrons. The van der Waals surface area contributed by atoms with E-state index in [4.69, 9.17) is 16.3 Å². The minimum Gasteiger partial charge on any atom is -0.490 e. The van der Waals surface area contributed by atoms with Crippen LogP contribution in [0, 0.1) is 6.92 Å². The molecule has 0 unspecified atom stereocenters. The summed E-state index contributed by atoms with van der Waals surface area (Å²) < 4.78 is 9.48. The molecule has 2 aromatic carbocycles. The average Bonchev–Trinajstić information content (AvgIpc) is 2.81. The molecule has 0 bridgehead atoms. The molecule has 0 amide bonds. The van der Waals surface area contributed by atoms with Gasteiger partial charge in [-0.25, -0.2) is 0 Å². The summed E-state index contributed by atoms with van der Waals surface area (Å²) >= 11 is 9.75. The number of benzene rings is 2. The highest BCUT2D eigenvalue weighted by Crippen LogP contribution is 2.35. The third-order valence-corrected chi connectivity index (χ3v) is 5.03. The van der Waals surface area contributed by atoms with Crippen molar-refractivity contribution in [2.24, 2.45) is 0 Å². The molecule has 1 heterocycles. The summed E-state index contributed by atoms with van der Waals surface area (Å²) in [6, 6.07) is 14.4. The minimum absolute atomic E-state index is 0.661. The summed E-state index contributed by atoms with van der Waals surface area (Å²) in [6.07, 6.45) is 0. The predicted octanol–water partition coefficient (Wildman–Crippen LogP) is 5.35. The van der Waals surface area contributed by atoms with Gasteiger partial charge in [0.15, 0.2) is 0 Å². The molecule has 3 rings (SSSR count). The van der Waals surface area contributed by atoms with Gasteiger partial charge in [0.05, 0.1) is 11.2 Å². The zero-order valence-corrected chi connectivity index (χ0v) is 17.1. The Labute approximate surface area is 162 Å². The molecule has 1 aromatic heterocycles. The average molecular weight is 422 g/mol. The topological polar surface area (TPSA) is 17.4 Å². The zero-order chi connectivity index (χ0) is 18.0. The zero-order valence-electron chi connectivity index (χ0n) is 14.7. The highest BCUT2D eigenvalue weighted by Gasteiger charge is 2.16. The van der Waals surface area contributed by atoms with Crippen LogP contribution in [-0.2, 0) is 6.54 Å². The Bertz CT molecular complexity index is 872. The van der Waals surface area contributed by atoms with Crippen molar-refractivity contribution in [2.75, 3.05) is 27.2 Å². The summed E-state index contributed by atoms with van der Waals surface area (Å²) in [4.78, 5) is 2.12. The normalized spacial score (nSPS) is 11.4. The summed E-state index contributed by atoms with van der Waals surface area (Å²) in [5.74, 6) is 0.950. The number of rotatable bonds is 6. The van der Waals surface area contributed by atoms with Crippen LogP contribution in [0.3, 0.4) is 0 Å². The Balaban J connectivity index is 1.99. The second-order valence-electron chi connectivity index (χ2n) is 6.44. The molecule has 0 saturated heterocycles. The van der Waals surface area contributed by atoms with Crippen LogP contribution in [0.25, 0.3) is 10.9 Å². The van der Waals surface area contributed by atoms with Crippen molar-refractivity contribution in [3.8, 4) is 5.75 Å². The molecule has 0 aliphatic rings. The SMILES string of the molecule is Cc1c(OCCN(C)C)c2ccc(Cl)cc2n1Cc1ccc(Br)cc1. The fraction of sp³-hybridized carbons (Fsp3) is 0.300. The van der Waals surface area contributed by atoms with E-state index in [0.29, 0.717) is 6.61 Å². The van der Waals surface area contributed by atoms with Crippen LogP contribution >= 0.6 is 27.5 Å². The Kier molecular flexibility index (Phi) is 5.72. The Hall–Kier alpha value is -1.49.